The fourth-order valence-electron chi connectivity index (χ4n) is 1.93. The second-order valence-corrected chi connectivity index (χ2v) is 5.68. The van der Waals surface area contributed by atoms with Crippen LogP contribution in [0.4, 0.5) is 0 Å². The molecule has 1 heterocycles. The zero-order valence-electron chi connectivity index (χ0n) is 10.1. The quantitative estimate of drug-likeness (QED) is 0.856. The topological polar surface area (TPSA) is 69.6 Å². The molecule has 5 nitrogen and oxygen atoms in total. The van der Waals surface area contributed by atoms with E-state index in [2.05, 4.69) is 21.2 Å². The Morgan fingerprint density at radius 3 is 2.84 bits per heavy atom. The van der Waals surface area contributed by atoms with Gasteiger partial charge in [0.15, 0.2) is 0 Å². The number of phenolic OH excluding ortho intramolecular Hbond substituents is 1. The number of amides is 2. The van der Waals surface area contributed by atoms with E-state index in [0.29, 0.717) is 17.4 Å². The van der Waals surface area contributed by atoms with E-state index in [1.807, 2.05) is 0 Å². The van der Waals surface area contributed by atoms with Crippen LogP contribution in [0.15, 0.2) is 16.6 Å². The number of likely N-dealkylation sites (tertiary alicyclic amines) is 1. The number of carbonyl (C=O) groups is 2. The molecule has 1 atom stereocenters. The average Bonchev–Trinajstić information content (AvgIpc) is 2.65. The highest BCUT2D eigenvalue weighted by atomic mass is 79.9. The second kappa shape index (κ2) is 5.38. The maximum absolute atomic E-state index is 12.1. The molecule has 1 fully saturated rings. The number of hydrogen-bond donors (Lipinski definition) is 2. The highest BCUT2D eigenvalue weighted by Gasteiger charge is 2.31. The first kappa shape index (κ1) is 14.1. The number of benzene rings is 1. The lowest BCUT2D eigenvalue weighted by Crippen LogP contribution is -2.40. The van der Waals surface area contributed by atoms with Gasteiger partial charge in [-0.1, -0.05) is 27.5 Å². The number of rotatable bonds is 2. The van der Waals surface area contributed by atoms with Gasteiger partial charge >= 0.3 is 0 Å². The maximum Gasteiger partial charge on any atom is 0.255 e. The van der Waals surface area contributed by atoms with Gasteiger partial charge in [0, 0.05) is 18.1 Å². The minimum Gasteiger partial charge on any atom is -0.506 e. The second-order valence-electron chi connectivity index (χ2n) is 4.36. The molecule has 0 aromatic heterocycles. The first-order valence-electron chi connectivity index (χ1n) is 5.64. The summed E-state index contributed by atoms with van der Waals surface area (Å²) in [6.07, 6.45) is 0.559. The molecule has 19 heavy (non-hydrogen) atoms. The molecule has 1 aromatic rings. The molecule has 0 aliphatic carbocycles. The van der Waals surface area contributed by atoms with Gasteiger partial charge in [0.05, 0.1) is 10.6 Å². The van der Waals surface area contributed by atoms with Crippen LogP contribution in [0.25, 0.3) is 0 Å². The summed E-state index contributed by atoms with van der Waals surface area (Å²) in [5.74, 6) is -0.940. The Morgan fingerprint density at radius 2 is 2.26 bits per heavy atom. The predicted octanol–water partition coefficient (Wildman–Crippen LogP) is 1.77. The van der Waals surface area contributed by atoms with E-state index in [1.165, 1.54) is 12.1 Å². The normalized spacial score (nSPS) is 18.8. The zero-order valence-corrected chi connectivity index (χ0v) is 12.5. The van der Waals surface area contributed by atoms with E-state index >= 15 is 0 Å². The van der Waals surface area contributed by atoms with Crippen LogP contribution < -0.4 is 5.32 Å². The Hall–Kier alpha value is -1.27. The molecule has 0 radical (unpaired) electrons. The van der Waals surface area contributed by atoms with E-state index < -0.39 is 11.9 Å². The van der Waals surface area contributed by atoms with Gasteiger partial charge in [0.2, 0.25) is 5.91 Å². The van der Waals surface area contributed by atoms with Crippen molar-refractivity contribution in [1.29, 1.82) is 0 Å². The molecule has 2 rings (SSSR count). The number of aromatic hydroxyl groups is 1. The van der Waals surface area contributed by atoms with Crippen molar-refractivity contribution in [2.24, 2.45) is 0 Å². The molecule has 1 unspecified atom stereocenters. The third kappa shape index (κ3) is 2.84. The summed E-state index contributed by atoms with van der Waals surface area (Å²) >= 11 is 9.00. The summed E-state index contributed by atoms with van der Waals surface area (Å²) in [5.41, 5.74) is 0.0433. The average molecular weight is 348 g/mol. The standard InChI is InChI=1S/C12H12BrClN2O3/c1-16-3-2-9(12(16)19)15-11(18)7-4-6(13)5-8(14)10(7)17/h4-5,9,17H,2-3H2,1H3,(H,15,18). The molecule has 7 heteroatoms. The summed E-state index contributed by atoms with van der Waals surface area (Å²) in [4.78, 5) is 25.3. The Balaban J connectivity index is 2.19. The van der Waals surface area contributed by atoms with Gasteiger partial charge < -0.3 is 15.3 Å². The van der Waals surface area contributed by atoms with Crippen molar-refractivity contribution in [2.75, 3.05) is 13.6 Å². The van der Waals surface area contributed by atoms with Crippen LogP contribution in [0.2, 0.25) is 5.02 Å². The fourth-order valence-corrected chi connectivity index (χ4v) is 2.74. The summed E-state index contributed by atoms with van der Waals surface area (Å²) in [6, 6.07) is 2.40. The summed E-state index contributed by atoms with van der Waals surface area (Å²) in [5, 5.41) is 12.5. The molecule has 2 amide bonds. The van der Waals surface area contributed by atoms with Crippen molar-refractivity contribution in [2.45, 2.75) is 12.5 Å². The van der Waals surface area contributed by atoms with E-state index in [1.54, 1.807) is 11.9 Å². The number of hydrogen-bond acceptors (Lipinski definition) is 3. The largest absolute Gasteiger partial charge is 0.506 e. The molecule has 0 spiro atoms. The number of nitrogens with zero attached hydrogens (tertiary/aromatic N) is 1. The molecule has 102 valence electrons. The van der Waals surface area contributed by atoms with Crippen LogP contribution in [0.5, 0.6) is 5.75 Å². The van der Waals surface area contributed by atoms with E-state index in [0.717, 1.165) is 0 Å². The molecular formula is C12H12BrClN2O3. The van der Waals surface area contributed by atoms with E-state index in [9.17, 15) is 14.7 Å². The smallest absolute Gasteiger partial charge is 0.255 e. The van der Waals surface area contributed by atoms with Crippen LogP contribution in [-0.4, -0.2) is 41.5 Å². The number of phenols is 1. The van der Waals surface area contributed by atoms with Gasteiger partial charge in [0.1, 0.15) is 11.8 Å². The van der Waals surface area contributed by atoms with Crippen molar-refractivity contribution in [1.82, 2.24) is 10.2 Å². The lowest BCUT2D eigenvalue weighted by atomic mass is 10.1. The van der Waals surface area contributed by atoms with Crippen LogP contribution in [0, 0.1) is 0 Å². The summed E-state index contributed by atoms with van der Waals surface area (Å²) in [6.45, 7) is 0.606. The van der Waals surface area contributed by atoms with Gasteiger partial charge in [-0.15, -0.1) is 0 Å². The molecule has 1 aromatic carbocycles. The molecular weight excluding hydrogens is 336 g/mol. The van der Waals surface area contributed by atoms with E-state index in [-0.39, 0.29) is 22.2 Å². The monoisotopic (exact) mass is 346 g/mol. The number of nitrogens with one attached hydrogen (secondary N) is 1. The third-order valence-corrected chi connectivity index (χ3v) is 3.75. The Kier molecular flexibility index (Phi) is 4.01. The van der Waals surface area contributed by atoms with Crippen molar-refractivity contribution >= 4 is 39.3 Å². The summed E-state index contributed by atoms with van der Waals surface area (Å²) < 4.78 is 0.579. The Labute approximate surface area is 123 Å². The van der Waals surface area contributed by atoms with Crippen molar-refractivity contribution in [3.8, 4) is 5.75 Å². The van der Waals surface area contributed by atoms with Gasteiger partial charge in [-0.3, -0.25) is 9.59 Å². The predicted molar refractivity (Wildman–Crippen MR) is 74.3 cm³/mol. The van der Waals surface area contributed by atoms with Gasteiger partial charge in [-0.25, -0.2) is 0 Å². The highest BCUT2D eigenvalue weighted by molar-refractivity contribution is 9.10. The minimum absolute atomic E-state index is 0.0433. The maximum atomic E-state index is 12.1. The van der Waals surface area contributed by atoms with Crippen molar-refractivity contribution in [3.05, 3.63) is 27.2 Å². The number of likely N-dealkylation sites (N-methyl/N-ethyl adjacent to an activating group) is 1. The fraction of sp³-hybridized carbons (Fsp3) is 0.333. The lowest BCUT2D eigenvalue weighted by molar-refractivity contribution is -0.128. The summed E-state index contributed by atoms with van der Waals surface area (Å²) in [7, 11) is 1.68. The molecule has 0 bridgehead atoms. The highest BCUT2D eigenvalue weighted by Crippen LogP contribution is 2.31. The van der Waals surface area contributed by atoms with Gasteiger partial charge in [-0.05, 0) is 18.6 Å². The van der Waals surface area contributed by atoms with Crippen LogP contribution >= 0.6 is 27.5 Å². The van der Waals surface area contributed by atoms with Crippen molar-refractivity contribution in [3.63, 3.8) is 0 Å². The van der Waals surface area contributed by atoms with Gasteiger partial charge in [0.25, 0.3) is 5.91 Å². The first-order valence-corrected chi connectivity index (χ1v) is 6.81. The van der Waals surface area contributed by atoms with Crippen LogP contribution in [0.3, 0.4) is 0 Å². The molecule has 1 saturated heterocycles. The minimum atomic E-state index is -0.547. The zero-order chi connectivity index (χ0) is 14.2. The van der Waals surface area contributed by atoms with E-state index in [4.69, 9.17) is 11.6 Å². The lowest BCUT2D eigenvalue weighted by Gasteiger charge is -2.13. The Bertz CT molecular complexity index is 550. The first-order chi connectivity index (χ1) is 8.90. The number of halogens is 2. The molecule has 2 N–H and O–H groups in total. The third-order valence-electron chi connectivity index (χ3n) is 3.01. The molecule has 1 aliphatic heterocycles. The van der Waals surface area contributed by atoms with Crippen LogP contribution in [0.1, 0.15) is 16.8 Å². The molecule has 1 aliphatic rings. The van der Waals surface area contributed by atoms with Gasteiger partial charge in [-0.2, -0.15) is 0 Å². The number of carbonyl (C=O) groups excluding carboxylic acids is 2. The SMILES string of the molecule is CN1CCC(NC(=O)c2cc(Br)cc(Cl)c2O)C1=O. The van der Waals surface area contributed by atoms with Crippen LogP contribution in [-0.2, 0) is 4.79 Å². The molecule has 0 saturated carbocycles. The van der Waals surface area contributed by atoms with Crippen molar-refractivity contribution < 1.29 is 14.7 Å². The Morgan fingerprint density at radius 1 is 1.58 bits per heavy atom.